The quantitative estimate of drug-likeness (QED) is 0.566. The summed E-state index contributed by atoms with van der Waals surface area (Å²) in [6.45, 7) is 0.738. The summed E-state index contributed by atoms with van der Waals surface area (Å²) in [7, 11) is 0. The van der Waals surface area contributed by atoms with Crippen molar-refractivity contribution in [2.24, 2.45) is 0 Å². The Balaban J connectivity index is 1.51. The number of nitrogens with zero attached hydrogens (tertiary/aromatic N) is 2. The molecule has 8 heteroatoms. The van der Waals surface area contributed by atoms with E-state index >= 15 is 0 Å². The second kappa shape index (κ2) is 7.25. The molecule has 25 heavy (non-hydrogen) atoms. The molecule has 0 atom stereocenters. The van der Waals surface area contributed by atoms with E-state index in [-0.39, 0.29) is 6.79 Å². The van der Waals surface area contributed by atoms with Gasteiger partial charge in [0.15, 0.2) is 6.79 Å². The molecule has 0 radical (unpaired) electrons. The van der Waals surface area contributed by atoms with E-state index in [1.807, 2.05) is 24.3 Å². The number of rotatable bonds is 4. The molecule has 0 fully saturated rings. The molecule has 2 aromatic carbocycles. The number of thioether (sulfide) groups is 1. The van der Waals surface area contributed by atoms with E-state index in [0.29, 0.717) is 33.5 Å². The summed E-state index contributed by atoms with van der Waals surface area (Å²) in [6.07, 6.45) is 0. The minimum Gasteiger partial charge on any atom is -0.467 e. The Morgan fingerprint density at radius 3 is 2.72 bits per heavy atom. The van der Waals surface area contributed by atoms with Crippen LogP contribution in [0.5, 0.6) is 5.75 Å². The highest BCUT2D eigenvalue weighted by atomic mass is 35.5. The molecule has 3 aromatic rings. The molecule has 2 heterocycles. The molecule has 1 aliphatic heterocycles. The van der Waals surface area contributed by atoms with Gasteiger partial charge in [0.05, 0.1) is 6.61 Å². The zero-order chi connectivity index (χ0) is 17.2. The molecular weight excluding hydrogens is 383 g/mol. The van der Waals surface area contributed by atoms with Crippen LogP contribution in [0.2, 0.25) is 10.0 Å². The number of fused-ring (bicyclic) bond motifs is 1. The van der Waals surface area contributed by atoms with Crippen LogP contribution in [0.1, 0.15) is 11.1 Å². The lowest BCUT2D eigenvalue weighted by Crippen LogP contribution is -2.12. The average Bonchev–Trinajstić information content (AvgIpc) is 3.09. The number of benzene rings is 2. The summed E-state index contributed by atoms with van der Waals surface area (Å²) in [5.74, 6) is 1.88. The van der Waals surface area contributed by atoms with Gasteiger partial charge in [-0.05, 0) is 36.4 Å². The maximum atomic E-state index is 6.18. The lowest BCUT2D eigenvalue weighted by Gasteiger charge is -2.20. The molecule has 1 aliphatic rings. The molecule has 0 unspecified atom stereocenters. The van der Waals surface area contributed by atoms with E-state index in [4.69, 9.17) is 37.1 Å². The third kappa shape index (κ3) is 3.77. The summed E-state index contributed by atoms with van der Waals surface area (Å²) in [4.78, 5) is 0. The minimum atomic E-state index is 0.244. The molecule has 0 saturated heterocycles. The van der Waals surface area contributed by atoms with E-state index in [2.05, 4.69) is 10.2 Å². The second-order valence-corrected chi connectivity index (χ2v) is 7.13. The fourth-order valence-corrected chi connectivity index (χ4v) is 3.60. The van der Waals surface area contributed by atoms with Crippen molar-refractivity contribution in [3.05, 3.63) is 57.6 Å². The molecule has 4 rings (SSSR count). The average molecular weight is 395 g/mol. The Kier molecular flexibility index (Phi) is 4.85. The SMILES string of the molecule is Clc1ccc(-c2nnc(SCc3cc(Cl)cc4c3OCOC4)o2)cc1. The predicted octanol–water partition coefficient (Wildman–Crippen LogP) is 5.20. The number of ether oxygens (including phenoxy) is 2. The third-order valence-electron chi connectivity index (χ3n) is 3.60. The van der Waals surface area contributed by atoms with Gasteiger partial charge in [-0.2, -0.15) is 0 Å². The molecule has 0 bridgehead atoms. The number of aromatic nitrogens is 2. The first kappa shape index (κ1) is 16.7. The van der Waals surface area contributed by atoms with Gasteiger partial charge in [0.25, 0.3) is 5.22 Å². The van der Waals surface area contributed by atoms with Gasteiger partial charge >= 0.3 is 0 Å². The number of hydrogen-bond acceptors (Lipinski definition) is 6. The topological polar surface area (TPSA) is 57.4 Å². The fraction of sp³-hybridized carbons (Fsp3) is 0.176. The molecule has 0 amide bonds. The predicted molar refractivity (Wildman–Crippen MR) is 96.0 cm³/mol. The first-order valence-electron chi connectivity index (χ1n) is 7.43. The summed E-state index contributed by atoms with van der Waals surface area (Å²) in [6, 6.07) is 11.0. The van der Waals surface area contributed by atoms with E-state index in [0.717, 1.165) is 22.4 Å². The van der Waals surface area contributed by atoms with Crippen molar-refractivity contribution in [2.75, 3.05) is 6.79 Å². The Morgan fingerprint density at radius 1 is 1.04 bits per heavy atom. The smallest absolute Gasteiger partial charge is 0.277 e. The first-order chi connectivity index (χ1) is 12.2. The standard InChI is InChI=1S/C17H12Cl2N2O3S/c18-13-3-1-10(2-4-13)16-20-21-17(24-16)25-8-12-6-14(19)5-11-7-22-9-23-15(11)12/h1-6H,7-9H2. The van der Waals surface area contributed by atoms with Crippen LogP contribution in [-0.4, -0.2) is 17.0 Å². The fourth-order valence-electron chi connectivity index (χ4n) is 2.48. The molecule has 128 valence electrons. The van der Waals surface area contributed by atoms with Gasteiger partial charge in [-0.15, -0.1) is 10.2 Å². The number of hydrogen-bond donors (Lipinski definition) is 0. The van der Waals surface area contributed by atoms with E-state index < -0.39 is 0 Å². The largest absolute Gasteiger partial charge is 0.467 e. The Bertz CT molecular complexity index is 899. The summed E-state index contributed by atoms with van der Waals surface area (Å²) < 4.78 is 16.6. The second-order valence-electron chi connectivity index (χ2n) is 5.33. The summed E-state index contributed by atoms with van der Waals surface area (Å²) >= 11 is 13.5. The van der Waals surface area contributed by atoms with Crippen molar-refractivity contribution in [3.63, 3.8) is 0 Å². The molecule has 0 saturated carbocycles. The first-order valence-corrected chi connectivity index (χ1v) is 9.17. The van der Waals surface area contributed by atoms with E-state index in [1.54, 1.807) is 12.1 Å². The van der Waals surface area contributed by atoms with Gasteiger partial charge in [0, 0.05) is 32.5 Å². The van der Waals surface area contributed by atoms with E-state index in [9.17, 15) is 0 Å². The van der Waals surface area contributed by atoms with Crippen LogP contribution in [0.3, 0.4) is 0 Å². The van der Waals surface area contributed by atoms with Crippen LogP contribution in [0.25, 0.3) is 11.5 Å². The molecule has 0 N–H and O–H groups in total. The van der Waals surface area contributed by atoms with Crippen LogP contribution in [0, 0.1) is 0 Å². The van der Waals surface area contributed by atoms with Crippen molar-refractivity contribution in [2.45, 2.75) is 17.6 Å². The van der Waals surface area contributed by atoms with Crippen molar-refractivity contribution in [3.8, 4) is 17.2 Å². The summed E-state index contributed by atoms with van der Waals surface area (Å²) in [5.41, 5.74) is 2.74. The Labute approximate surface area is 158 Å². The van der Waals surface area contributed by atoms with Crippen molar-refractivity contribution in [1.29, 1.82) is 0 Å². The number of halogens is 2. The summed E-state index contributed by atoms with van der Waals surface area (Å²) in [5, 5.41) is 9.94. The Hall–Kier alpha value is -1.73. The van der Waals surface area contributed by atoms with Crippen LogP contribution in [0.4, 0.5) is 0 Å². The van der Waals surface area contributed by atoms with E-state index in [1.165, 1.54) is 11.8 Å². The highest BCUT2D eigenvalue weighted by molar-refractivity contribution is 7.98. The maximum Gasteiger partial charge on any atom is 0.277 e. The van der Waals surface area contributed by atoms with Gasteiger partial charge in [-0.3, -0.25) is 0 Å². The van der Waals surface area contributed by atoms with Crippen LogP contribution in [0.15, 0.2) is 46.0 Å². The monoisotopic (exact) mass is 394 g/mol. The normalized spacial score (nSPS) is 13.4. The molecule has 0 spiro atoms. The Morgan fingerprint density at radius 2 is 1.88 bits per heavy atom. The van der Waals surface area contributed by atoms with Crippen molar-refractivity contribution < 1.29 is 13.9 Å². The molecule has 0 aliphatic carbocycles. The molecule has 5 nitrogen and oxygen atoms in total. The van der Waals surface area contributed by atoms with Crippen LogP contribution < -0.4 is 4.74 Å². The molecular formula is C17H12Cl2N2O3S. The highest BCUT2D eigenvalue weighted by Gasteiger charge is 2.18. The van der Waals surface area contributed by atoms with Gasteiger partial charge in [-0.25, -0.2) is 0 Å². The minimum absolute atomic E-state index is 0.244. The maximum absolute atomic E-state index is 6.18. The lowest BCUT2D eigenvalue weighted by molar-refractivity contribution is -0.0168. The van der Waals surface area contributed by atoms with Gasteiger partial charge < -0.3 is 13.9 Å². The van der Waals surface area contributed by atoms with Gasteiger partial charge in [-0.1, -0.05) is 35.0 Å². The lowest BCUT2D eigenvalue weighted by atomic mass is 10.1. The van der Waals surface area contributed by atoms with Crippen LogP contribution in [-0.2, 0) is 17.1 Å². The van der Waals surface area contributed by atoms with Gasteiger partial charge in [0.2, 0.25) is 5.89 Å². The molecule has 1 aromatic heterocycles. The van der Waals surface area contributed by atoms with Gasteiger partial charge in [0.1, 0.15) is 5.75 Å². The zero-order valence-electron chi connectivity index (χ0n) is 12.9. The zero-order valence-corrected chi connectivity index (χ0v) is 15.2. The highest BCUT2D eigenvalue weighted by Crippen LogP contribution is 2.35. The van der Waals surface area contributed by atoms with Crippen molar-refractivity contribution in [1.82, 2.24) is 10.2 Å². The van der Waals surface area contributed by atoms with Crippen molar-refractivity contribution >= 4 is 35.0 Å². The van der Waals surface area contributed by atoms with Crippen LogP contribution >= 0.6 is 35.0 Å². The third-order valence-corrected chi connectivity index (χ3v) is 4.94.